The van der Waals surface area contributed by atoms with Crippen LogP contribution in [0.25, 0.3) is 11.1 Å². The molecular formula is C25H26F2N4O2. The molecule has 1 atom stereocenters. The molecule has 1 aliphatic carbocycles. The molecule has 2 amide bonds. The van der Waals surface area contributed by atoms with Crippen LogP contribution in [0, 0.1) is 0 Å². The summed E-state index contributed by atoms with van der Waals surface area (Å²) in [5.41, 5.74) is 8.05. The molecule has 1 unspecified atom stereocenters. The highest BCUT2D eigenvalue weighted by molar-refractivity contribution is 6.16. The number of fused-ring (bicyclic) bond motifs is 1. The largest absolute Gasteiger partial charge is 0.366 e. The molecule has 0 fully saturated rings. The molecule has 6 nitrogen and oxygen atoms in total. The van der Waals surface area contributed by atoms with E-state index in [0.29, 0.717) is 5.69 Å². The van der Waals surface area contributed by atoms with Crippen molar-refractivity contribution in [3.05, 3.63) is 70.5 Å². The van der Waals surface area contributed by atoms with Gasteiger partial charge >= 0.3 is 0 Å². The van der Waals surface area contributed by atoms with Crippen LogP contribution >= 0.6 is 0 Å². The van der Waals surface area contributed by atoms with Gasteiger partial charge in [0.1, 0.15) is 5.69 Å². The Balaban J connectivity index is 1.85. The molecule has 3 aromatic rings. The molecule has 0 saturated carbocycles. The van der Waals surface area contributed by atoms with E-state index in [1.165, 1.54) is 36.1 Å². The van der Waals surface area contributed by atoms with Crippen molar-refractivity contribution in [2.45, 2.75) is 45.0 Å². The average Bonchev–Trinajstić information content (AvgIpc) is 3.24. The molecule has 33 heavy (non-hydrogen) atoms. The number of benzene rings is 2. The average molecular weight is 453 g/mol. The van der Waals surface area contributed by atoms with Gasteiger partial charge in [0, 0.05) is 24.5 Å². The quantitative estimate of drug-likeness (QED) is 0.560. The van der Waals surface area contributed by atoms with Crippen LogP contribution in [0.2, 0.25) is 0 Å². The molecule has 2 aromatic carbocycles. The molecule has 172 valence electrons. The first-order valence-electron chi connectivity index (χ1n) is 10.7. The van der Waals surface area contributed by atoms with Crippen molar-refractivity contribution in [2.24, 2.45) is 12.8 Å². The van der Waals surface area contributed by atoms with Gasteiger partial charge in [0.15, 0.2) is 0 Å². The smallest absolute Gasteiger partial charge is 0.282 e. The van der Waals surface area contributed by atoms with Crippen LogP contribution in [0.5, 0.6) is 0 Å². The minimum atomic E-state index is -2.85. The van der Waals surface area contributed by atoms with E-state index in [2.05, 4.69) is 37.3 Å². The molecule has 0 aliphatic heterocycles. The highest BCUT2D eigenvalue weighted by atomic mass is 19.3. The molecule has 1 aromatic heterocycles. The highest BCUT2D eigenvalue weighted by Gasteiger charge is 2.36. The molecule has 0 spiro atoms. The first-order chi connectivity index (χ1) is 15.5. The second-order valence-electron chi connectivity index (χ2n) is 9.20. The Morgan fingerprint density at radius 2 is 1.88 bits per heavy atom. The molecule has 0 saturated heterocycles. The maximum Gasteiger partial charge on any atom is 0.282 e. The molecule has 1 aliphatic rings. The Bertz CT molecular complexity index is 1260. The maximum absolute atomic E-state index is 13.7. The van der Waals surface area contributed by atoms with Gasteiger partial charge in [0.25, 0.3) is 12.3 Å². The van der Waals surface area contributed by atoms with Crippen molar-refractivity contribution in [3.8, 4) is 11.1 Å². The first kappa shape index (κ1) is 22.6. The van der Waals surface area contributed by atoms with Gasteiger partial charge in [-0.15, -0.1) is 0 Å². The molecule has 0 radical (unpaired) electrons. The van der Waals surface area contributed by atoms with E-state index in [0.717, 1.165) is 17.5 Å². The Morgan fingerprint density at radius 3 is 2.55 bits per heavy atom. The van der Waals surface area contributed by atoms with Crippen LogP contribution in [0.4, 0.5) is 14.5 Å². The minimum Gasteiger partial charge on any atom is -0.366 e. The molecule has 8 heteroatoms. The van der Waals surface area contributed by atoms with Crippen molar-refractivity contribution in [1.82, 2.24) is 9.78 Å². The molecule has 3 N–H and O–H groups in total. The van der Waals surface area contributed by atoms with E-state index in [1.54, 1.807) is 0 Å². The number of carbonyl (C=O) groups is 2. The lowest BCUT2D eigenvalue weighted by atomic mass is 9.86. The van der Waals surface area contributed by atoms with Crippen molar-refractivity contribution < 1.29 is 18.4 Å². The number of nitrogens with one attached hydrogen (secondary N) is 1. The first-order valence-corrected chi connectivity index (χ1v) is 10.7. The summed E-state index contributed by atoms with van der Waals surface area (Å²) in [7, 11) is 1.52. The van der Waals surface area contributed by atoms with Crippen molar-refractivity contribution >= 4 is 17.5 Å². The number of primary amides is 1. The molecule has 1 heterocycles. The van der Waals surface area contributed by atoms with Crippen LogP contribution in [-0.2, 0) is 12.5 Å². The van der Waals surface area contributed by atoms with Crippen molar-refractivity contribution in [1.29, 1.82) is 0 Å². The fourth-order valence-corrected chi connectivity index (χ4v) is 5.06. The van der Waals surface area contributed by atoms with Crippen LogP contribution in [0.15, 0.2) is 42.6 Å². The number of nitrogens with two attached hydrogens (primary N) is 1. The third-order valence-electron chi connectivity index (χ3n) is 6.30. The Kier molecular flexibility index (Phi) is 5.56. The zero-order valence-corrected chi connectivity index (χ0v) is 18.9. The number of alkyl halides is 2. The summed E-state index contributed by atoms with van der Waals surface area (Å²) >= 11 is 0. The van der Waals surface area contributed by atoms with Crippen molar-refractivity contribution in [3.63, 3.8) is 0 Å². The lowest BCUT2D eigenvalue weighted by Crippen LogP contribution is -2.22. The summed E-state index contributed by atoms with van der Waals surface area (Å²) < 4.78 is 28.6. The summed E-state index contributed by atoms with van der Waals surface area (Å²) in [5.74, 6) is -1.19. The number of halogens is 2. The zero-order chi connectivity index (χ0) is 24.1. The van der Waals surface area contributed by atoms with Gasteiger partial charge in [-0.05, 0) is 46.6 Å². The van der Waals surface area contributed by atoms with Gasteiger partial charge in [0.05, 0.1) is 11.1 Å². The SMILES string of the molecule is CC1CC(C)(C)c2cccc(NC(=O)c3c(C(N)=O)cccc3-c3cn(C)nc3C(F)F)c21. The fraction of sp³-hybridized carbons (Fsp3) is 0.320. The highest BCUT2D eigenvalue weighted by Crippen LogP contribution is 2.48. The lowest BCUT2D eigenvalue weighted by molar-refractivity contribution is 0.0977. The van der Waals surface area contributed by atoms with Crippen LogP contribution in [0.3, 0.4) is 0 Å². The third kappa shape index (κ3) is 3.90. The Labute approximate surface area is 190 Å². The summed E-state index contributed by atoms with van der Waals surface area (Å²) in [6.07, 6.45) is -0.510. The van der Waals surface area contributed by atoms with E-state index in [-0.39, 0.29) is 33.6 Å². The molecule has 0 bridgehead atoms. The second kappa shape index (κ2) is 8.10. The predicted octanol–water partition coefficient (Wildman–Crippen LogP) is 5.16. The summed E-state index contributed by atoms with van der Waals surface area (Å²) in [5, 5.41) is 6.76. The molecule has 4 rings (SSSR count). The Morgan fingerprint density at radius 1 is 1.18 bits per heavy atom. The van der Waals surface area contributed by atoms with Gasteiger partial charge in [-0.25, -0.2) is 8.78 Å². The number of aryl methyl sites for hydroxylation is 1. The van der Waals surface area contributed by atoms with E-state index >= 15 is 0 Å². The number of hydrogen-bond acceptors (Lipinski definition) is 3. The van der Waals surface area contributed by atoms with Gasteiger partial charge < -0.3 is 11.1 Å². The van der Waals surface area contributed by atoms with Gasteiger partial charge in [-0.2, -0.15) is 5.10 Å². The predicted molar refractivity (Wildman–Crippen MR) is 123 cm³/mol. The van der Waals surface area contributed by atoms with Gasteiger partial charge in [0.2, 0.25) is 5.91 Å². The molecular weight excluding hydrogens is 426 g/mol. The normalized spacial score (nSPS) is 16.6. The number of amides is 2. The zero-order valence-electron chi connectivity index (χ0n) is 18.9. The maximum atomic E-state index is 13.7. The number of rotatable bonds is 5. The topological polar surface area (TPSA) is 90.0 Å². The minimum absolute atomic E-state index is 0.0341. The number of aromatic nitrogens is 2. The monoisotopic (exact) mass is 452 g/mol. The summed E-state index contributed by atoms with van der Waals surface area (Å²) in [6.45, 7) is 6.43. The number of nitrogens with zero attached hydrogens (tertiary/aromatic N) is 2. The fourth-order valence-electron chi connectivity index (χ4n) is 5.06. The van der Waals surface area contributed by atoms with E-state index in [9.17, 15) is 18.4 Å². The standard InChI is InChI=1S/C25H26F2N4O2/c1-13-11-25(2,3)17-9-6-10-18(19(13)17)29-24(33)20-14(7-5-8-15(20)23(28)32)16-12-31(4)30-21(16)22(26)27/h5-10,12-13,22H,11H2,1-4H3,(H2,28,32)(H,29,33). The van der Waals surface area contributed by atoms with E-state index < -0.39 is 23.9 Å². The summed E-state index contributed by atoms with van der Waals surface area (Å²) in [4.78, 5) is 25.7. The van der Waals surface area contributed by atoms with Crippen LogP contribution < -0.4 is 11.1 Å². The number of carbonyl (C=O) groups excluding carboxylic acids is 2. The summed E-state index contributed by atoms with van der Waals surface area (Å²) in [6, 6.07) is 10.2. The number of hydrogen-bond donors (Lipinski definition) is 2. The third-order valence-corrected chi connectivity index (χ3v) is 6.30. The van der Waals surface area contributed by atoms with Crippen LogP contribution in [-0.4, -0.2) is 21.6 Å². The second-order valence-corrected chi connectivity index (χ2v) is 9.20. The van der Waals surface area contributed by atoms with E-state index in [1.807, 2.05) is 12.1 Å². The lowest BCUT2D eigenvalue weighted by Gasteiger charge is -2.20. The van der Waals surface area contributed by atoms with Crippen molar-refractivity contribution in [2.75, 3.05) is 5.32 Å². The van der Waals surface area contributed by atoms with Gasteiger partial charge in [-0.3, -0.25) is 14.3 Å². The van der Waals surface area contributed by atoms with Gasteiger partial charge in [-0.1, -0.05) is 45.0 Å². The van der Waals surface area contributed by atoms with E-state index in [4.69, 9.17) is 5.73 Å². The Hall–Kier alpha value is -3.55. The number of anilines is 1. The van der Waals surface area contributed by atoms with Crippen LogP contribution in [0.1, 0.15) is 77.1 Å².